The van der Waals surface area contributed by atoms with Crippen molar-refractivity contribution in [1.82, 2.24) is 0 Å². The lowest BCUT2D eigenvalue weighted by atomic mass is 9.96. The molecule has 12 heavy (non-hydrogen) atoms. The van der Waals surface area contributed by atoms with Crippen LogP contribution in [-0.4, -0.2) is 24.4 Å². The highest BCUT2D eigenvalue weighted by Gasteiger charge is 2.24. The predicted octanol–water partition coefficient (Wildman–Crippen LogP) is 1.04. The Kier molecular flexibility index (Phi) is 2.76. The molecule has 0 aromatic carbocycles. The van der Waals surface area contributed by atoms with Crippen LogP contribution in [0.15, 0.2) is 0 Å². The van der Waals surface area contributed by atoms with Gasteiger partial charge in [0.1, 0.15) is 0 Å². The maximum atomic E-state index is 9.36. The molecule has 1 heterocycles. The van der Waals surface area contributed by atoms with Gasteiger partial charge in [0.15, 0.2) is 0 Å². The highest BCUT2D eigenvalue weighted by atomic mass is 16.5. The van der Waals surface area contributed by atoms with Crippen molar-refractivity contribution in [3.63, 3.8) is 0 Å². The fourth-order valence-corrected chi connectivity index (χ4v) is 0.990. The Labute approximate surface area is 73.9 Å². The van der Waals surface area contributed by atoms with E-state index in [1.807, 2.05) is 0 Å². The third-order valence-corrected chi connectivity index (χ3v) is 1.68. The van der Waals surface area contributed by atoms with E-state index in [2.05, 4.69) is 32.6 Å². The van der Waals surface area contributed by atoms with Crippen molar-refractivity contribution >= 4 is 0 Å². The van der Waals surface area contributed by atoms with Crippen LogP contribution in [0, 0.1) is 23.2 Å². The molecule has 1 aliphatic rings. The maximum Gasteiger partial charge on any atom is 0.0933 e. The average molecular weight is 168 g/mol. The molecule has 0 aromatic heterocycles. The van der Waals surface area contributed by atoms with Crippen LogP contribution in [0.25, 0.3) is 0 Å². The van der Waals surface area contributed by atoms with Crippen molar-refractivity contribution in [1.29, 1.82) is 0 Å². The fraction of sp³-hybridized carbons (Fsp3) is 0.800. The summed E-state index contributed by atoms with van der Waals surface area (Å²) in [6.07, 6.45) is -0.389. The first-order chi connectivity index (χ1) is 5.49. The average Bonchev–Trinajstić information content (AvgIpc) is 2.29. The molecule has 1 saturated heterocycles. The molecule has 68 valence electrons. The van der Waals surface area contributed by atoms with E-state index < -0.39 is 0 Å². The van der Waals surface area contributed by atoms with E-state index in [4.69, 9.17) is 4.74 Å². The minimum atomic E-state index is -0.389. The fourth-order valence-electron chi connectivity index (χ4n) is 0.990. The zero-order valence-electron chi connectivity index (χ0n) is 7.92. The summed E-state index contributed by atoms with van der Waals surface area (Å²) in [6.45, 7) is 7.18. The number of rotatable bonds is 0. The van der Waals surface area contributed by atoms with Crippen LogP contribution < -0.4 is 0 Å². The van der Waals surface area contributed by atoms with Gasteiger partial charge in [-0.05, 0) is 20.8 Å². The van der Waals surface area contributed by atoms with Crippen molar-refractivity contribution in [3.8, 4) is 11.8 Å². The molecule has 0 bridgehead atoms. The monoisotopic (exact) mass is 168 g/mol. The quantitative estimate of drug-likeness (QED) is 0.548. The summed E-state index contributed by atoms with van der Waals surface area (Å²) >= 11 is 0. The highest BCUT2D eigenvalue weighted by molar-refractivity contribution is 5.12. The number of aliphatic hydroxyl groups is 1. The van der Waals surface area contributed by atoms with Crippen molar-refractivity contribution < 1.29 is 9.84 Å². The molecule has 2 heteroatoms. The van der Waals surface area contributed by atoms with E-state index in [1.165, 1.54) is 0 Å². The molecule has 1 rings (SSSR count). The lowest BCUT2D eigenvalue weighted by molar-refractivity contribution is 0.123. The second kappa shape index (κ2) is 3.47. The van der Waals surface area contributed by atoms with E-state index in [-0.39, 0.29) is 17.4 Å². The summed E-state index contributed by atoms with van der Waals surface area (Å²) in [5.41, 5.74) is 0.0162. The van der Waals surface area contributed by atoms with Crippen molar-refractivity contribution in [2.24, 2.45) is 11.3 Å². The molecule has 0 saturated carbocycles. The molecular weight excluding hydrogens is 152 g/mol. The van der Waals surface area contributed by atoms with Crippen LogP contribution in [0.2, 0.25) is 0 Å². The Morgan fingerprint density at radius 2 is 2.00 bits per heavy atom. The first-order valence-corrected chi connectivity index (χ1v) is 4.27. The number of ether oxygens (including phenoxy) is 1. The number of hydrogen-bond acceptors (Lipinski definition) is 2. The summed E-state index contributed by atoms with van der Waals surface area (Å²) in [7, 11) is 0. The molecule has 2 atom stereocenters. The molecule has 0 unspecified atom stereocenters. The predicted molar refractivity (Wildman–Crippen MR) is 47.5 cm³/mol. The molecule has 1 N–H and O–H groups in total. The number of hydrogen-bond donors (Lipinski definition) is 1. The standard InChI is InChI=1S/C10H16O2/c1-10(2,3)5-4-8-6-12-7-9(8)11/h8-9,11H,6-7H2,1-3H3/t8-,9-/m1/s1. The van der Waals surface area contributed by atoms with Gasteiger partial charge in [-0.1, -0.05) is 11.8 Å². The third-order valence-electron chi connectivity index (χ3n) is 1.68. The van der Waals surface area contributed by atoms with Gasteiger partial charge in [-0.25, -0.2) is 0 Å². The van der Waals surface area contributed by atoms with E-state index in [0.717, 1.165) is 0 Å². The van der Waals surface area contributed by atoms with Gasteiger partial charge < -0.3 is 9.84 Å². The van der Waals surface area contributed by atoms with Gasteiger partial charge in [-0.2, -0.15) is 0 Å². The van der Waals surface area contributed by atoms with Crippen LogP contribution in [0.5, 0.6) is 0 Å². The van der Waals surface area contributed by atoms with Gasteiger partial charge in [0.05, 0.1) is 25.2 Å². The van der Waals surface area contributed by atoms with Crippen LogP contribution in [-0.2, 0) is 4.74 Å². The summed E-state index contributed by atoms with van der Waals surface area (Å²) in [4.78, 5) is 0. The van der Waals surface area contributed by atoms with E-state index in [0.29, 0.717) is 13.2 Å². The molecule has 0 aliphatic carbocycles. The van der Waals surface area contributed by atoms with Gasteiger partial charge in [0.2, 0.25) is 0 Å². The third kappa shape index (κ3) is 2.84. The van der Waals surface area contributed by atoms with Gasteiger partial charge in [0.25, 0.3) is 0 Å². The Bertz CT molecular complexity index is 204. The summed E-state index contributed by atoms with van der Waals surface area (Å²) in [5.74, 6) is 6.17. The van der Waals surface area contributed by atoms with Crippen LogP contribution in [0.1, 0.15) is 20.8 Å². The molecular formula is C10H16O2. The summed E-state index contributed by atoms with van der Waals surface area (Å²) in [5, 5.41) is 9.36. The lowest BCUT2D eigenvalue weighted by Crippen LogP contribution is -2.16. The molecule has 0 radical (unpaired) electrons. The van der Waals surface area contributed by atoms with Crippen LogP contribution >= 0.6 is 0 Å². The molecule has 0 aromatic rings. The van der Waals surface area contributed by atoms with Gasteiger partial charge in [-0.3, -0.25) is 0 Å². The Morgan fingerprint density at radius 3 is 2.42 bits per heavy atom. The molecule has 1 aliphatic heterocycles. The van der Waals surface area contributed by atoms with E-state index in [1.54, 1.807) is 0 Å². The Morgan fingerprint density at radius 1 is 1.33 bits per heavy atom. The first-order valence-electron chi connectivity index (χ1n) is 4.27. The molecule has 0 spiro atoms. The van der Waals surface area contributed by atoms with Gasteiger partial charge in [0, 0.05) is 5.41 Å². The SMILES string of the molecule is CC(C)(C)C#C[C@@H]1COC[C@H]1O. The molecule has 2 nitrogen and oxygen atoms in total. The normalized spacial score (nSPS) is 29.7. The van der Waals surface area contributed by atoms with Crippen molar-refractivity contribution in [2.75, 3.05) is 13.2 Å². The van der Waals surface area contributed by atoms with Crippen LogP contribution in [0.3, 0.4) is 0 Å². The second-order valence-electron chi connectivity index (χ2n) is 4.23. The smallest absolute Gasteiger partial charge is 0.0933 e. The maximum absolute atomic E-state index is 9.36. The molecule has 1 fully saturated rings. The van der Waals surface area contributed by atoms with Crippen molar-refractivity contribution in [2.45, 2.75) is 26.9 Å². The minimum Gasteiger partial charge on any atom is -0.389 e. The number of aliphatic hydroxyl groups excluding tert-OH is 1. The Balaban J connectivity index is 2.53. The van der Waals surface area contributed by atoms with E-state index >= 15 is 0 Å². The topological polar surface area (TPSA) is 29.5 Å². The zero-order valence-corrected chi connectivity index (χ0v) is 7.92. The first kappa shape index (κ1) is 9.57. The minimum absolute atomic E-state index is 0.0162. The molecule has 0 amide bonds. The summed E-state index contributed by atoms with van der Waals surface area (Å²) in [6, 6.07) is 0. The Hall–Kier alpha value is -0.520. The lowest BCUT2D eigenvalue weighted by Gasteiger charge is -2.09. The largest absolute Gasteiger partial charge is 0.389 e. The summed E-state index contributed by atoms with van der Waals surface area (Å²) < 4.78 is 5.08. The van der Waals surface area contributed by atoms with Crippen molar-refractivity contribution in [3.05, 3.63) is 0 Å². The second-order valence-corrected chi connectivity index (χ2v) is 4.23. The van der Waals surface area contributed by atoms with E-state index in [9.17, 15) is 5.11 Å². The zero-order chi connectivity index (χ0) is 9.19. The highest BCUT2D eigenvalue weighted by Crippen LogP contribution is 2.15. The van der Waals surface area contributed by atoms with Crippen LogP contribution in [0.4, 0.5) is 0 Å². The van der Waals surface area contributed by atoms with Gasteiger partial charge >= 0.3 is 0 Å². The van der Waals surface area contributed by atoms with Gasteiger partial charge in [-0.15, -0.1) is 0 Å².